The summed E-state index contributed by atoms with van der Waals surface area (Å²) < 4.78 is 15.0. The lowest BCUT2D eigenvalue weighted by atomic mass is 9.96. The molecule has 0 radical (unpaired) electrons. The Bertz CT molecular complexity index is 1030. The number of piperidine rings is 1. The molecule has 2 amide bonds. The Morgan fingerprint density at radius 2 is 1.79 bits per heavy atom. The van der Waals surface area contributed by atoms with E-state index in [0.717, 1.165) is 12.1 Å². The van der Waals surface area contributed by atoms with E-state index in [9.17, 15) is 14.0 Å². The van der Waals surface area contributed by atoms with Gasteiger partial charge in [0, 0.05) is 24.8 Å². The van der Waals surface area contributed by atoms with Crippen LogP contribution in [0, 0.1) is 11.7 Å². The zero-order valence-electron chi connectivity index (χ0n) is 15.8. The second-order valence-electron chi connectivity index (χ2n) is 7.17. The molecule has 1 atom stereocenters. The standard InChI is InChI=1S/C22H21FN4O2/c23-17-10-8-15(9-11-17)20-19(14-27(25-20)18-6-2-1-3-7-18)22(29)26-12-4-5-16(13-26)21(24)28/h1-3,6-11,14,16H,4-5,12-13H2,(H2,24,28)/t16-/m1/s1. The number of carbonyl (C=O) groups is 2. The molecule has 0 saturated carbocycles. The highest BCUT2D eigenvalue weighted by atomic mass is 19.1. The largest absolute Gasteiger partial charge is 0.369 e. The van der Waals surface area contributed by atoms with Crippen molar-refractivity contribution in [1.29, 1.82) is 0 Å². The van der Waals surface area contributed by atoms with Crippen LogP contribution >= 0.6 is 0 Å². The minimum Gasteiger partial charge on any atom is -0.369 e. The Morgan fingerprint density at radius 3 is 2.48 bits per heavy atom. The van der Waals surface area contributed by atoms with Crippen molar-refractivity contribution in [2.24, 2.45) is 11.7 Å². The number of primary amides is 1. The van der Waals surface area contributed by atoms with Crippen LogP contribution < -0.4 is 5.73 Å². The van der Waals surface area contributed by atoms with Crippen molar-refractivity contribution in [2.75, 3.05) is 13.1 Å². The van der Waals surface area contributed by atoms with Gasteiger partial charge in [-0.25, -0.2) is 9.07 Å². The van der Waals surface area contributed by atoms with Crippen molar-refractivity contribution >= 4 is 11.8 Å². The third-order valence-corrected chi connectivity index (χ3v) is 5.19. The number of likely N-dealkylation sites (tertiary alicyclic amines) is 1. The Kier molecular flexibility index (Phi) is 5.12. The van der Waals surface area contributed by atoms with Crippen molar-refractivity contribution in [3.63, 3.8) is 0 Å². The smallest absolute Gasteiger partial charge is 0.257 e. The quantitative estimate of drug-likeness (QED) is 0.741. The monoisotopic (exact) mass is 392 g/mol. The summed E-state index contributed by atoms with van der Waals surface area (Å²) >= 11 is 0. The van der Waals surface area contributed by atoms with Gasteiger partial charge in [-0.1, -0.05) is 18.2 Å². The molecule has 0 spiro atoms. The molecular weight excluding hydrogens is 371 g/mol. The Balaban J connectivity index is 1.74. The number of nitrogens with zero attached hydrogens (tertiary/aromatic N) is 3. The first-order valence-corrected chi connectivity index (χ1v) is 9.52. The van der Waals surface area contributed by atoms with Gasteiger partial charge in [0.05, 0.1) is 17.2 Å². The van der Waals surface area contributed by atoms with E-state index in [1.54, 1.807) is 27.9 Å². The lowest BCUT2D eigenvalue weighted by Crippen LogP contribution is -2.44. The summed E-state index contributed by atoms with van der Waals surface area (Å²) in [5.41, 5.74) is 7.79. The molecule has 1 aliphatic heterocycles. The number of aromatic nitrogens is 2. The number of para-hydroxylation sites is 1. The van der Waals surface area contributed by atoms with Crippen LogP contribution in [0.25, 0.3) is 16.9 Å². The third kappa shape index (κ3) is 3.89. The number of amides is 2. The normalized spacial score (nSPS) is 16.6. The molecule has 1 saturated heterocycles. The zero-order valence-corrected chi connectivity index (χ0v) is 15.8. The van der Waals surface area contributed by atoms with Crippen LogP contribution in [0.15, 0.2) is 60.8 Å². The lowest BCUT2D eigenvalue weighted by Gasteiger charge is -2.31. The van der Waals surface area contributed by atoms with Crippen LogP contribution in [0.5, 0.6) is 0 Å². The minimum atomic E-state index is -0.388. The summed E-state index contributed by atoms with van der Waals surface area (Å²) in [5, 5.41) is 4.61. The minimum absolute atomic E-state index is 0.211. The fourth-order valence-corrected chi connectivity index (χ4v) is 3.63. The first kappa shape index (κ1) is 18.9. The summed E-state index contributed by atoms with van der Waals surface area (Å²) in [5.74, 6) is -1.30. The molecule has 0 bridgehead atoms. The van der Waals surface area contributed by atoms with Gasteiger partial charge in [-0.3, -0.25) is 9.59 Å². The van der Waals surface area contributed by atoms with E-state index in [-0.39, 0.29) is 23.5 Å². The second kappa shape index (κ2) is 7.87. The average molecular weight is 392 g/mol. The summed E-state index contributed by atoms with van der Waals surface area (Å²) in [6, 6.07) is 15.3. The van der Waals surface area contributed by atoms with E-state index in [4.69, 9.17) is 5.73 Å². The molecule has 7 heteroatoms. The fraction of sp³-hybridized carbons (Fsp3) is 0.227. The summed E-state index contributed by atoms with van der Waals surface area (Å²) in [6.45, 7) is 0.857. The Hall–Kier alpha value is -3.48. The number of nitrogens with two attached hydrogens (primary N) is 1. The molecule has 3 aromatic rings. The highest BCUT2D eigenvalue weighted by Gasteiger charge is 2.30. The van der Waals surface area contributed by atoms with Gasteiger partial charge in [-0.05, 0) is 49.2 Å². The second-order valence-corrected chi connectivity index (χ2v) is 7.17. The number of benzene rings is 2. The van der Waals surface area contributed by atoms with E-state index in [1.165, 1.54) is 12.1 Å². The molecule has 6 nitrogen and oxygen atoms in total. The molecule has 2 aromatic carbocycles. The molecule has 29 heavy (non-hydrogen) atoms. The van der Waals surface area contributed by atoms with Gasteiger partial charge in [-0.2, -0.15) is 5.10 Å². The number of carbonyl (C=O) groups excluding carboxylic acids is 2. The van der Waals surface area contributed by atoms with Gasteiger partial charge in [0.1, 0.15) is 11.5 Å². The molecule has 0 unspecified atom stereocenters. The number of rotatable bonds is 4. The molecule has 4 rings (SSSR count). The van der Waals surface area contributed by atoms with Crippen LogP contribution in [-0.4, -0.2) is 39.6 Å². The average Bonchev–Trinajstić information content (AvgIpc) is 3.20. The van der Waals surface area contributed by atoms with Crippen molar-refractivity contribution in [3.8, 4) is 16.9 Å². The van der Waals surface area contributed by atoms with Crippen molar-refractivity contribution < 1.29 is 14.0 Å². The molecular formula is C22H21FN4O2. The van der Waals surface area contributed by atoms with Gasteiger partial charge in [0.15, 0.2) is 0 Å². The predicted octanol–water partition coefficient (Wildman–Crippen LogP) is 3.02. The SMILES string of the molecule is NC(=O)[C@@H]1CCCN(C(=O)c2cn(-c3ccccc3)nc2-c2ccc(F)cc2)C1. The van der Waals surface area contributed by atoms with Gasteiger partial charge in [-0.15, -0.1) is 0 Å². The van der Waals surface area contributed by atoms with E-state index in [2.05, 4.69) is 5.10 Å². The van der Waals surface area contributed by atoms with Crippen LogP contribution in [0.1, 0.15) is 23.2 Å². The van der Waals surface area contributed by atoms with Crippen molar-refractivity contribution in [1.82, 2.24) is 14.7 Å². The number of hydrogen-bond acceptors (Lipinski definition) is 3. The fourth-order valence-electron chi connectivity index (χ4n) is 3.63. The molecule has 148 valence electrons. The topological polar surface area (TPSA) is 81.2 Å². The number of hydrogen-bond donors (Lipinski definition) is 1. The van der Waals surface area contributed by atoms with Crippen LogP contribution in [0.2, 0.25) is 0 Å². The van der Waals surface area contributed by atoms with Gasteiger partial charge in [0.2, 0.25) is 5.91 Å². The summed E-state index contributed by atoms with van der Waals surface area (Å²) in [7, 11) is 0. The molecule has 1 aromatic heterocycles. The summed E-state index contributed by atoms with van der Waals surface area (Å²) in [6.07, 6.45) is 3.09. The summed E-state index contributed by atoms with van der Waals surface area (Å²) in [4.78, 5) is 26.6. The third-order valence-electron chi connectivity index (χ3n) is 5.19. The number of halogens is 1. The molecule has 1 fully saturated rings. The van der Waals surface area contributed by atoms with Crippen LogP contribution in [0.3, 0.4) is 0 Å². The highest BCUT2D eigenvalue weighted by Crippen LogP contribution is 2.27. The first-order valence-electron chi connectivity index (χ1n) is 9.52. The molecule has 0 aliphatic carbocycles. The lowest BCUT2D eigenvalue weighted by molar-refractivity contribution is -0.123. The van der Waals surface area contributed by atoms with Gasteiger partial charge in [0.25, 0.3) is 5.91 Å². The Morgan fingerprint density at radius 1 is 1.07 bits per heavy atom. The molecule has 2 heterocycles. The molecule has 1 aliphatic rings. The highest BCUT2D eigenvalue weighted by molar-refractivity contribution is 6.00. The molecule has 2 N–H and O–H groups in total. The predicted molar refractivity (Wildman–Crippen MR) is 107 cm³/mol. The van der Waals surface area contributed by atoms with E-state index >= 15 is 0 Å². The van der Waals surface area contributed by atoms with E-state index in [1.807, 2.05) is 30.3 Å². The van der Waals surface area contributed by atoms with Crippen LogP contribution in [0.4, 0.5) is 4.39 Å². The van der Waals surface area contributed by atoms with E-state index in [0.29, 0.717) is 36.3 Å². The van der Waals surface area contributed by atoms with Crippen LogP contribution in [-0.2, 0) is 4.79 Å². The Labute approximate surface area is 167 Å². The maximum atomic E-state index is 13.4. The maximum absolute atomic E-state index is 13.4. The van der Waals surface area contributed by atoms with Crippen molar-refractivity contribution in [3.05, 3.63) is 72.2 Å². The first-order chi connectivity index (χ1) is 14.0. The van der Waals surface area contributed by atoms with Gasteiger partial charge >= 0.3 is 0 Å². The van der Waals surface area contributed by atoms with E-state index < -0.39 is 0 Å². The van der Waals surface area contributed by atoms with Gasteiger partial charge < -0.3 is 10.6 Å². The van der Waals surface area contributed by atoms with Crippen molar-refractivity contribution in [2.45, 2.75) is 12.8 Å². The maximum Gasteiger partial charge on any atom is 0.257 e. The zero-order chi connectivity index (χ0) is 20.4.